The van der Waals surface area contributed by atoms with Crippen LogP contribution < -0.4 is 15.5 Å². The second-order valence-corrected chi connectivity index (χ2v) is 7.59. The minimum absolute atomic E-state index is 0.233. The quantitative estimate of drug-likeness (QED) is 0.537. The van der Waals surface area contributed by atoms with Gasteiger partial charge in [-0.3, -0.25) is 0 Å². The van der Waals surface area contributed by atoms with Crippen LogP contribution in [0.25, 0.3) is 0 Å². The van der Waals surface area contributed by atoms with Gasteiger partial charge in [-0.1, -0.05) is 23.7 Å². The van der Waals surface area contributed by atoms with E-state index >= 15 is 0 Å². The summed E-state index contributed by atoms with van der Waals surface area (Å²) in [5.74, 6) is 1.81. The van der Waals surface area contributed by atoms with E-state index in [1.54, 1.807) is 0 Å². The first-order valence-corrected chi connectivity index (χ1v) is 10.6. The highest BCUT2D eigenvalue weighted by molar-refractivity contribution is 6.30. The number of anilines is 1. The molecule has 1 fully saturated rings. The summed E-state index contributed by atoms with van der Waals surface area (Å²) in [6.07, 6.45) is 2.98. The van der Waals surface area contributed by atoms with E-state index in [1.165, 1.54) is 5.56 Å². The molecule has 3 rings (SSSR count). The largest absolute Gasteiger partial charge is 0.375 e. The van der Waals surface area contributed by atoms with E-state index in [2.05, 4.69) is 46.5 Å². The summed E-state index contributed by atoms with van der Waals surface area (Å²) in [5, 5.41) is 7.47. The van der Waals surface area contributed by atoms with Gasteiger partial charge in [0.15, 0.2) is 5.96 Å². The first kappa shape index (κ1) is 21.4. The van der Waals surface area contributed by atoms with Crippen molar-refractivity contribution in [1.29, 1.82) is 0 Å². The maximum absolute atomic E-state index is 6.06. The van der Waals surface area contributed by atoms with E-state index in [1.807, 2.05) is 30.5 Å². The highest BCUT2D eigenvalue weighted by Crippen LogP contribution is 2.17. The zero-order valence-corrected chi connectivity index (χ0v) is 18.0. The Hall–Kier alpha value is -2.31. The summed E-state index contributed by atoms with van der Waals surface area (Å²) < 4.78 is 5.63. The predicted molar refractivity (Wildman–Crippen MR) is 120 cm³/mol. The van der Waals surface area contributed by atoms with E-state index in [4.69, 9.17) is 21.3 Å². The van der Waals surface area contributed by atoms with Crippen LogP contribution in [0.15, 0.2) is 47.6 Å². The van der Waals surface area contributed by atoms with Gasteiger partial charge in [0.05, 0.1) is 19.3 Å². The lowest BCUT2D eigenvalue weighted by Crippen LogP contribution is -2.41. The molecule has 1 unspecified atom stereocenters. The summed E-state index contributed by atoms with van der Waals surface area (Å²) >= 11 is 6.06. The molecule has 2 heterocycles. The smallest absolute Gasteiger partial charge is 0.191 e. The SMILES string of the molecule is CCNC(=NCc1ccnc(N2CCOC(C)C2)c1)NCCc1cccc(Cl)c1. The number of morpholine rings is 1. The number of pyridine rings is 1. The molecular formula is C22H30ClN5O. The average Bonchev–Trinajstić information content (AvgIpc) is 2.72. The van der Waals surface area contributed by atoms with Crippen molar-refractivity contribution in [2.45, 2.75) is 32.9 Å². The fourth-order valence-corrected chi connectivity index (χ4v) is 3.50. The molecule has 0 radical (unpaired) electrons. The fourth-order valence-electron chi connectivity index (χ4n) is 3.29. The Morgan fingerprint density at radius 3 is 2.97 bits per heavy atom. The van der Waals surface area contributed by atoms with E-state index in [-0.39, 0.29) is 6.10 Å². The van der Waals surface area contributed by atoms with Gasteiger partial charge in [-0.15, -0.1) is 0 Å². The zero-order chi connectivity index (χ0) is 20.5. The number of aliphatic imine (C=N–C) groups is 1. The lowest BCUT2D eigenvalue weighted by molar-refractivity contribution is 0.0529. The standard InChI is InChI=1S/C22H30ClN5O/c1-3-24-22(26-10-7-18-5-4-6-20(23)13-18)27-15-19-8-9-25-21(14-19)28-11-12-29-17(2)16-28/h4-6,8-9,13-14,17H,3,7,10-12,15-16H2,1-2H3,(H2,24,26,27). The fraction of sp³-hybridized carbons (Fsp3) is 0.455. The molecule has 0 spiro atoms. The molecule has 1 saturated heterocycles. The Morgan fingerprint density at radius 2 is 2.17 bits per heavy atom. The highest BCUT2D eigenvalue weighted by Gasteiger charge is 2.17. The van der Waals surface area contributed by atoms with Crippen LogP contribution in [0, 0.1) is 0 Å². The third-order valence-electron chi connectivity index (χ3n) is 4.73. The molecule has 1 aliphatic rings. The first-order valence-electron chi connectivity index (χ1n) is 10.2. The van der Waals surface area contributed by atoms with Gasteiger partial charge in [-0.05, 0) is 55.7 Å². The summed E-state index contributed by atoms with van der Waals surface area (Å²) in [6, 6.07) is 12.1. The molecule has 1 aliphatic heterocycles. The maximum atomic E-state index is 6.06. The lowest BCUT2D eigenvalue weighted by Gasteiger charge is -2.32. The molecule has 2 N–H and O–H groups in total. The Bertz CT molecular complexity index is 813. The number of hydrogen-bond acceptors (Lipinski definition) is 4. The van der Waals surface area contributed by atoms with Gasteiger partial charge < -0.3 is 20.3 Å². The molecule has 0 saturated carbocycles. The minimum Gasteiger partial charge on any atom is -0.375 e. The number of halogens is 1. The van der Waals surface area contributed by atoms with Crippen LogP contribution in [0.5, 0.6) is 0 Å². The van der Waals surface area contributed by atoms with Crippen molar-refractivity contribution in [1.82, 2.24) is 15.6 Å². The number of guanidine groups is 1. The molecule has 1 aromatic carbocycles. The van der Waals surface area contributed by atoms with Crippen molar-refractivity contribution in [3.63, 3.8) is 0 Å². The van der Waals surface area contributed by atoms with Gasteiger partial charge in [0.2, 0.25) is 0 Å². The van der Waals surface area contributed by atoms with Gasteiger partial charge in [0.25, 0.3) is 0 Å². The van der Waals surface area contributed by atoms with E-state index in [0.29, 0.717) is 6.54 Å². The van der Waals surface area contributed by atoms with Crippen molar-refractivity contribution >= 4 is 23.4 Å². The lowest BCUT2D eigenvalue weighted by atomic mass is 10.1. The van der Waals surface area contributed by atoms with Gasteiger partial charge in [0.1, 0.15) is 5.82 Å². The molecule has 1 atom stereocenters. The van der Waals surface area contributed by atoms with Crippen LogP contribution in [-0.2, 0) is 17.7 Å². The maximum Gasteiger partial charge on any atom is 0.191 e. The summed E-state index contributed by atoms with van der Waals surface area (Å²) in [6.45, 7) is 8.85. The third kappa shape index (κ3) is 6.91. The zero-order valence-electron chi connectivity index (χ0n) is 17.2. The minimum atomic E-state index is 0.233. The number of hydrogen-bond donors (Lipinski definition) is 2. The second kappa shape index (κ2) is 11.0. The van der Waals surface area contributed by atoms with Crippen molar-refractivity contribution in [2.24, 2.45) is 4.99 Å². The van der Waals surface area contributed by atoms with Gasteiger partial charge in [-0.25, -0.2) is 9.98 Å². The number of nitrogens with one attached hydrogen (secondary N) is 2. The van der Waals surface area contributed by atoms with Crippen LogP contribution in [0.2, 0.25) is 5.02 Å². The molecule has 29 heavy (non-hydrogen) atoms. The third-order valence-corrected chi connectivity index (χ3v) is 4.97. The topological polar surface area (TPSA) is 61.8 Å². The Kier molecular flexibility index (Phi) is 8.14. The summed E-state index contributed by atoms with van der Waals surface area (Å²) in [7, 11) is 0. The van der Waals surface area contributed by atoms with Crippen molar-refractivity contribution in [3.8, 4) is 0 Å². The Morgan fingerprint density at radius 1 is 1.28 bits per heavy atom. The Labute approximate surface area is 178 Å². The van der Waals surface area contributed by atoms with E-state index in [0.717, 1.165) is 61.6 Å². The average molecular weight is 416 g/mol. The van der Waals surface area contributed by atoms with E-state index in [9.17, 15) is 0 Å². The van der Waals surface area contributed by atoms with Crippen molar-refractivity contribution in [3.05, 3.63) is 58.7 Å². The molecular weight excluding hydrogens is 386 g/mol. The van der Waals surface area contributed by atoms with Crippen LogP contribution in [0.1, 0.15) is 25.0 Å². The number of rotatable bonds is 7. The molecule has 7 heteroatoms. The number of nitrogens with zero attached hydrogens (tertiary/aromatic N) is 3. The van der Waals surface area contributed by atoms with Crippen molar-refractivity contribution < 1.29 is 4.74 Å². The Balaban J connectivity index is 1.57. The molecule has 2 aromatic rings. The van der Waals surface area contributed by atoms with Crippen LogP contribution >= 0.6 is 11.6 Å². The molecule has 0 aliphatic carbocycles. The number of ether oxygens (including phenoxy) is 1. The number of benzene rings is 1. The van der Waals surface area contributed by atoms with E-state index < -0.39 is 0 Å². The van der Waals surface area contributed by atoms with Gasteiger partial charge in [-0.2, -0.15) is 0 Å². The summed E-state index contributed by atoms with van der Waals surface area (Å²) in [5.41, 5.74) is 2.35. The molecule has 6 nitrogen and oxygen atoms in total. The monoisotopic (exact) mass is 415 g/mol. The van der Waals surface area contributed by atoms with Gasteiger partial charge in [0, 0.05) is 37.4 Å². The summed E-state index contributed by atoms with van der Waals surface area (Å²) in [4.78, 5) is 11.5. The normalized spacial score (nSPS) is 17.3. The molecule has 0 amide bonds. The van der Waals surface area contributed by atoms with Crippen LogP contribution in [0.3, 0.4) is 0 Å². The van der Waals surface area contributed by atoms with Crippen LogP contribution in [-0.4, -0.2) is 49.8 Å². The predicted octanol–water partition coefficient (Wildman–Crippen LogP) is 3.26. The molecule has 156 valence electrons. The highest BCUT2D eigenvalue weighted by atomic mass is 35.5. The number of aromatic nitrogens is 1. The van der Waals surface area contributed by atoms with Crippen LogP contribution in [0.4, 0.5) is 5.82 Å². The molecule has 0 bridgehead atoms. The first-order chi connectivity index (χ1) is 14.1. The molecule has 1 aromatic heterocycles. The van der Waals surface area contributed by atoms with Gasteiger partial charge >= 0.3 is 0 Å². The second-order valence-electron chi connectivity index (χ2n) is 7.15. The van der Waals surface area contributed by atoms with Crippen molar-refractivity contribution in [2.75, 3.05) is 37.7 Å².